The van der Waals surface area contributed by atoms with E-state index in [9.17, 15) is 0 Å². The first kappa shape index (κ1) is 58.8. The van der Waals surface area contributed by atoms with Gasteiger partial charge in [0.25, 0.3) is 0 Å². The molecule has 0 fully saturated rings. The van der Waals surface area contributed by atoms with Gasteiger partial charge in [0.05, 0.1) is 16.8 Å². The van der Waals surface area contributed by atoms with Gasteiger partial charge in [-0.1, -0.05) is 261 Å². The molecule has 17 aromatic rings. The molecule has 8 nitrogen and oxygen atoms in total. The van der Waals surface area contributed by atoms with Crippen molar-refractivity contribution in [3.05, 3.63) is 374 Å². The highest BCUT2D eigenvalue weighted by atomic mass is 15.0. The van der Waals surface area contributed by atoms with Gasteiger partial charge in [0.2, 0.25) is 0 Å². The molecule has 2 aliphatic carbocycles. The maximum absolute atomic E-state index is 5.38. The van der Waals surface area contributed by atoms with Crippen molar-refractivity contribution in [2.24, 2.45) is 0 Å². The molecule has 2 aliphatic rings. The van der Waals surface area contributed by atoms with Gasteiger partial charge in [0.1, 0.15) is 0 Å². The molecular formula is C93H58N8. The maximum Gasteiger partial charge on any atom is 0.164 e. The third-order valence-electron chi connectivity index (χ3n) is 19.9. The van der Waals surface area contributed by atoms with Crippen molar-refractivity contribution in [2.75, 3.05) is 0 Å². The van der Waals surface area contributed by atoms with Crippen molar-refractivity contribution in [3.63, 3.8) is 0 Å². The summed E-state index contributed by atoms with van der Waals surface area (Å²) in [5.41, 5.74) is 26.7. The van der Waals surface area contributed by atoms with Gasteiger partial charge < -0.3 is 0 Å². The SMILES string of the molecule is c1ccc(-c2ccc(-c3nc(-c4ccc5c(c4)C4(c6ccccc6-c6cc(-c7cccc(-c8cc(-c9ccccc9)cc(-c9nc(-c%10cccc(-c%11ccccn%11)c%10)nc(-c%10cccc(-c%11ccccn%11)c%10)n9)c8)c7)ccc64)c4ccccc4-5)nc(-c4ccc5ccccc5c4)n3)cc2)cc1. The van der Waals surface area contributed by atoms with E-state index in [0.29, 0.717) is 34.9 Å². The summed E-state index contributed by atoms with van der Waals surface area (Å²) in [7, 11) is 0. The fraction of sp³-hybridized carbons (Fsp3) is 0.0108. The molecule has 4 aromatic heterocycles. The number of pyridine rings is 2. The Bertz CT molecular complexity index is 5980. The fourth-order valence-corrected chi connectivity index (χ4v) is 15.1. The number of nitrogens with zero attached hydrogens (tertiary/aromatic N) is 8. The molecule has 19 rings (SSSR count). The monoisotopic (exact) mass is 1290 g/mol. The Morgan fingerprint density at radius 2 is 0.525 bits per heavy atom. The summed E-state index contributed by atoms with van der Waals surface area (Å²) in [5.74, 6) is 3.48. The number of aromatic nitrogens is 8. The average molecular weight is 1290 g/mol. The van der Waals surface area contributed by atoms with Crippen molar-refractivity contribution in [2.45, 2.75) is 5.41 Å². The van der Waals surface area contributed by atoms with E-state index in [0.717, 1.165) is 111 Å². The molecule has 0 saturated heterocycles. The van der Waals surface area contributed by atoms with Gasteiger partial charge in [-0.2, -0.15) is 0 Å². The summed E-state index contributed by atoms with van der Waals surface area (Å²) in [6, 6.07) is 120. The van der Waals surface area contributed by atoms with Crippen molar-refractivity contribution in [3.8, 4) is 158 Å². The summed E-state index contributed by atoms with van der Waals surface area (Å²) in [6.07, 6.45) is 3.63. The van der Waals surface area contributed by atoms with Gasteiger partial charge in [-0.3, -0.25) is 9.97 Å². The molecule has 1 atom stereocenters. The van der Waals surface area contributed by atoms with Crippen molar-refractivity contribution >= 4 is 10.8 Å². The van der Waals surface area contributed by atoms with Crippen LogP contribution in [0.5, 0.6) is 0 Å². The first-order valence-corrected chi connectivity index (χ1v) is 34.0. The van der Waals surface area contributed by atoms with Gasteiger partial charge in [0, 0.05) is 56.9 Å². The van der Waals surface area contributed by atoms with Crippen LogP contribution in [-0.4, -0.2) is 39.9 Å². The smallest absolute Gasteiger partial charge is 0.164 e. The minimum Gasteiger partial charge on any atom is -0.256 e. The molecule has 0 amide bonds. The van der Waals surface area contributed by atoms with E-state index < -0.39 is 5.41 Å². The number of hydrogen-bond acceptors (Lipinski definition) is 8. The second-order valence-electron chi connectivity index (χ2n) is 25.8. The van der Waals surface area contributed by atoms with Crippen molar-refractivity contribution < 1.29 is 0 Å². The Morgan fingerprint density at radius 3 is 1.13 bits per heavy atom. The molecule has 101 heavy (non-hydrogen) atoms. The summed E-state index contributed by atoms with van der Waals surface area (Å²) < 4.78 is 0. The summed E-state index contributed by atoms with van der Waals surface area (Å²) in [6.45, 7) is 0. The van der Waals surface area contributed by atoms with Crippen LogP contribution in [-0.2, 0) is 5.41 Å². The third kappa shape index (κ3) is 10.5. The van der Waals surface area contributed by atoms with Crippen molar-refractivity contribution in [1.82, 2.24) is 39.9 Å². The van der Waals surface area contributed by atoms with E-state index in [1.807, 2.05) is 67.0 Å². The maximum atomic E-state index is 5.38. The molecule has 4 heterocycles. The lowest BCUT2D eigenvalue weighted by Gasteiger charge is -2.30. The first-order valence-electron chi connectivity index (χ1n) is 34.0. The zero-order valence-corrected chi connectivity index (χ0v) is 54.6. The lowest BCUT2D eigenvalue weighted by atomic mass is 9.70. The van der Waals surface area contributed by atoms with Gasteiger partial charge in [-0.05, 0) is 179 Å². The van der Waals surface area contributed by atoms with E-state index in [4.69, 9.17) is 29.9 Å². The van der Waals surface area contributed by atoms with Crippen LogP contribution in [0, 0.1) is 0 Å². The van der Waals surface area contributed by atoms with Crippen LogP contribution in [0.1, 0.15) is 22.3 Å². The molecule has 0 bridgehead atoms. The zero-order valence-electron chi connectivity index (χ0n) is 54.6. The topological polar surface area (TPSA) is 103 Å². The minimum atomic E-state index is -0.647. The van der Waals surface area contributed by atoms with Crippen LogP contribution in [0.3, 0.4) is 0 Å². The average Bonchev–Trinajstić information content (AvgIpc) is 1.51. The summed E-state index contributed by atoms with van der Waals surface area (Å²) in [5, 5.41) is 2.28. The lowest BCUT2D eigenvalue weighted by molar-refractivity contribution is 0.794. The molecule has 0 N–H and O–H groups in total. The molecular weight excluding hydrogens is 1230 g/mol. The standard InChI is InChI=1S/C93H58N8/c1-3-20-59(21-4-1)62-38-41-63(42-39-62)87-96-90(72-43-40-61-24-7-8-25-64(61)51-72)99-91(97-87)73-44-46-79-77-32-9-11-34-81(77)93(84(79)58-73)82-35-12-10-33-78(82)80-57-67(45-47-83(80)93)65-26-17-27-66(50-65)75-54-74(60-22-5-2-6-23-60)55-76(56-75)92-100-88(70-30-18-28-68(52-70)85-36-13-15-48-94-85)98-89(101-92)71-31-19-29-69(53-71)86-37-14-16-49-95-86/h1-58H. The van der Waals surface area contributed by atoms with E-state index in [2.05, 4.69) is 295 Å². The summed E-state index contributed by atoms with van der Waals surface area (Å²) in [4.78, 5) is 41.3. The lowest BCUT2D eigenvalue weighted by Crippen LogP contribution is -2.25. The van der Waals surface area contributed by atoms with Gasteiger partial charge >= 0.3 is 0 Å². The largest absolute Gasteiger partial charge is 0.256 e. The molecule has 0 saturated carbocycles. The first-order chi connectivity index (χ1) is 50.0. The fourth-order valence-electron chi connectivity index (χ4n) is 15.1. The predicted molar refractivity (Wildman–Crippen MR) is 408 cm³/mol. The van der Waals surface area contributed by atoms with Gasteiger partial charge in [-0.15, -0.1) is 0 Å². The Labute approximate surface area is 584 Å². The highest BCUT2D eigenvalue weighted by molar-refractivity contribution is 5.97. The molecule has 1 spiro atoms. The molecule has 1 unspecified atom stereocenters. The van der Waals surface area contributed by atoms with Gasteiger partial charge in [0.15, 0.2) is 34.9 Å². The number of hydrogen-bond donors (Lipinski definition) is 0. The quantitative estimate of drug-likeness (QED) is 0.119. The highest BCUT2D eigenvalue weighted by Crippen LogP contribution is 2.63. The van der Waals surface area contributed by atoms with Crippen LogP contribution < -0.4 is 0 Å². The van der Waals surface area contributed by atoms with E-state index in [-0.39, 0.29) is 0 Å². The normalized spacial score (nSPS) is 13.2. The molecule has 470 valence electrons. The Kier molecular flexibility index (Phi) is 14.3. The number of rotatable bonds is 12. The van der Waals surface area contributed by atoms with E-state index in [1.165, 1.54) is 44.5 Å². The van der Waals surface area contributed by atoms with Crippen LogP contribution in [0.15, 0.2) is 352 Å². The van der Waals surface area contributed by atoms with E-state index in [1.54, 1.807) is 0 Å². The Hall–Kier alpha value is -13.6. The predicted octanol–water partition coefficient (Wildman–Crippen LogP) is 22.3. The summed E-state index contributed by atoms with van der Waals surface area (Å²) >= 11 is 0. The number of benzene rings is 13. The third-order valence-corrected chi connectivity index (χ3v) is 19.9. The molecule has 13 aromatic carbocycles. The van der Waals surface area contributed by atoms with Gasteiger partial charge in [-0.25, -0.2) is 29.9 Å². The number of fused-ring (bicyclic) bond motifs is 11. The van der Waals surface area contributed by atoms with Crippen LogP contribution >= 0.6 is 0 Å². The zero-order chi connectivity index (χ0) is 66.8. The Morgan fingerprint density at radius 1 is 0.168 bits per heavy atom. The van der Waals surface area contributed by atoms with Crippen LogP contribution in [0.4, 0.5) is 0 Å². The molecule has 0 radical (unpaired) electrons. The van der Waals surface area contributed by atoms with E-state index >= 15 is 0 Å². The minimum absolute atomic E-state index is 0.550. The highest BCUT2D eigenvalue weighted by Gasteiger charge is 2.52. The Balaban J connectivity index is 0.730. The second-order valence-corrected chi connectivity index (χ2v) is 25.8. The second kappa shape index (κ2) is 24.5. The van der Waals surface area contributed by atoms with Crippen LogP contribution in [0.2, 0.25) is 0 Å². The van der Waals surface area contributed by atoms with Crippen LogP contribution in [0.25, 0.3) is 168 Å². The molecule has 8 heteroatoms. The molecule has 0 aliphatic heterocycles. The van der Waals surface area contributed by atoms with Crippen molar-refractivity contribution in [1.29, 1.82) is 0 Å².